The number of hydrogen-bond donors (Lipinski definition) is 3. The second-order valence-corrected chi connectivity index (χ2v) is 7.16. The predicted molar refractivity (Wildman–Crippen MR) is 99.9 cm³/mol. The van der Waals surface area contributed by atoms with Crippen molar-refractivity contribution >= 4 is 29.1 Å². The highest BCUT2D eigenvalue weighted by Gasteiger charge is 2.27. The summed E-state index contributed by atoms with van der Waals surface area (Å²) in [5.41, 5.74) is 1.17. The molecule has 0 aromatic carbocycles. The Morgan fingerprint density at radius 1 is 1.28 bits per heavy atom. The zero-order valence-electron chi connectivity index (χ0n) is 15.1. The van der Waals surface area contributed by atoms with Crippen molar-refractivity contribution in [2.75, 3.05) is 11.9 Å². The molecule has 1 aliphatic carbocycles. The maximum absolute atomic E-state index is 12.6. The fourth-order valence-electron chi connectivity index (χ4n) is 3.12. The van der Waals surface area contributed by atoms with Gasteiger partial charge in [-0.1, -0.05) is 11.6 Å². The van der Waals surface area contributed by atoms with E-state index in [4.69, 9.17) is 11.6 Å². The molecule has 2 rings (SSSR count). The van der Waals surface area contributed by atoms with E-state index >= 15 is 0 Å². The van der Waals surface area contributed by atoms with Crippen molar-refractivity contribution in [1.82, 2.24) is 15.6 Å². The molecule has 1 aromatic heterocycles. The Morgan fingerprint density at radius 2 is 1.96 bits per heavy atom. The topological polar surface area (TPSA) is 83.1 Å². The summed E-state index contributed by atoms with van der Waals surface area (Å²) in [5, 5.41) is 9.52. The molecule has 0 unspecified atom stereocenters. The van der Waals surface area contributed by atoms with Crippen molar-refractivity contribution in [3.05, 3.63) is 23.0 Å². The van der Waals surface area contributed by atoms with Gasteiger partial charge in [-0.05, 0) is 52.5 Å². The molecule has 1 heterocycles. The summed E-state index contributed by atoms with van der Waals surface area (Å²) in [6, 6.07) is 1.93. The van der Waals surface area contributed by atoms with Crippen LogP contribution in [0.4, 0.5) is 5.69 Å². The van der Waals surface area contributed by atoms with Gasteiger partial charge in [0, 0.05) is 30.7 Å². The van der Waals surface area contributed by atoms with Crippen LogP contribution in [-0.2, 0) is 4.79 Å². The standard InChI is InChI=1S/C18H27ClN4O2/c1-4-20-17(24)12-5-7-13(8-6-12)23-18(25)14-10-21-16(19)9-15(14)22-11(2)3/h9-13H,4-8H2,1-3H3,(H,20,24)(H,21,22)(H,23,25)/t12-,13-. The quantitative estimate of drug-likeness (QED) is 0.676. The van der Waals surface area contributed by atoms with Crippen molar-refractivity contribution in [3.8, 4) is 0 Å². The lowest BCUT2D eigenvalue weighted by atomic mass is 9.85. The van der Waals surface area contributed by atoms with Crippen molar-refractivity contribution in [1.29, 1.82) is 0 Å². The number of carbonyl (C=O) groups is 2. The zero-order chi connectivity index (χ0) is 18.4. The summed E-state index contributed by atoms with van der Waals surface area (Å²) in [4.78, 5) is 28.6. The normalized spacial score (nSPS) is 20.2. The first-order valence-electron chi connectivity index (χ1n) is 8.91. The maximum Gasteiger partial charge on any atom is 0.255 e. The Labute approximate surface area is 154 Å². The van der Waals surface area contributed by atoms with Gasteiger partial charge in [0.1, 0.15) is 5.15 Å². The van der Waals surface area contributed by atoms with E-state index in [1.165, 1.54) is 6.20 Å². The first-order valence-corrected chi connectivity index (χ1v) is 9.29. The molecule has 0 radical (unpaired) electrons. The number of nitrogens with one attached hydrogen (secondary N) is 3. The van der Waals surface area contributed by atoms with Crippen LogP contribution in [0.3, 0.4) is 0 Å². The average molecular weight is 367 g/mol. The SMILES string of the molecule is CCNC(=O)[C@H]1CC[C@H](NC(=O)c2cnc(Cl)cc2NC(C)C)CC1. The molecule has 1 fully saturated rings. The van der Waals surface area contributed by atoms with E-state index in [9.17, 15) is 9.59 Å². The van der Waals surface area contributed by atoms with Gasteiger partial charge in [-0.15, -0.1) is 0 Å². The summed E-state index contributed by atoms with van der Waals surface area (Å²) in [6.07, 6.45) is 4.71. The fourth-order valence-corrected chi connectivity index (χ4v) is 3.28. The number of nitrogens with zero attached hydrogens (tertiary/aromatic N) is 1. The highest BCUT2D eigenvalue weighted by Crippen LogP contribution is 2.25. The first-order chi connectivity index (χ1) is 11.9. The summed E-state index contributed by atoms with van der Waals surface area (Å²) < 4.78 is 0. The second-order valence-electron chi connectivity index (χ2n) is 6.77. The van der Waals surface area contributed by atoms with Crippen LogP contribution in [0, 0.1) is 5.92 Å². The van der Waals surface area contributed by atoms with E-state index in [0.717, 1.165) is 25.7 Å². The zero-order valence-corrected chi connectivity index (χ0v) is 15.8. The van der Waals surface area contributed by atoms with Crippen LogP contribution in [0.15, 0.2) is 12.3 Å². The number of halogens is 1. The molecule has 2 amide bonds. The molecule has 138 valence electrons. The Morgan fingerprint density at radius 3 is 2.56 bits per heavy atom. The number of amides is 2. The molecule has 0 saturated heterocycles. The third-order valence-electron chi connectivity index (χ3n) is 4.34. The van der Waals surface area contributed by atoms with Crippen LogP contribution in [0.1, 0.15) is 56.8 Å². The molecule has 25 heavy (non-hydrogen) atoms. The summed E-state index contributed by atoms with van der Waals surface area (Å²) >= 11 is 5.95. The van der Waals surface area contributed by atoms with Gasteiger partial charge in [0.2, 0.25) is 5.91 Å². The highest BCUT2D eigenvalue weighted by atomic mass is 35.5. The van der Waals surface area contributed by atoms with Gasteiger partial charge in [-0.2, -0.15) is 0 Å². The van der Waals surface area contributed by atoms with Crippen LogP contribution in [-0.4, -0.2) is 35.4 Å². The Hall–Kier alpha value is -1.82. The van der Waals surface area contributed by atoms with Crippen LogP contribution in [0.2, 0.25) is 5.15 Å². The molecule has 7 heteroatoms. The largest absolute Gasteiger partial charge is 0.382 e. The number of rotatable bonds is 6. The van der Waals surface area contributed by atoms with Gasteiger partial charge in [0.25, 0.3) is 5.91 Å². The smallest absolute Gasteiger partial charge is 0.255 e. The molecule has 1 aliphatic rings. The predicted octanol–water partition coefficient (Wildman–Crippen LogP) is 2.98. The Balaban J connectivity index is 1.96. The lowest BCUT2D eigenvalue weighted by Gasteiger charge is -2.28. The first kappa shape index (κ1) is 19.5. The molecule has 6 nitrogen and oxygen atoms in total. The van der Waals surface area contributed by atoms with Crippen LogP contribution < -0.4 is 16.0 Å². The minimum Gasteiger partial charge on any atom is -0.382 e. The molecule has 0 aliphatic heterocycles. The summed E-state index contributed by atoms with van der Waals surface area (Å²) in [6.45, 7) is 6.58. The number of hydrogen-bond acceptors (Lipinski definition) is 4. The minimum atomic E-state index is -0.159. The molecule has 0 bridgehead atoms. The van der Waals surface area contributed by atoms with E-state index in [1.807, 2.05) is 20.8 Å². The molecule has 3 N–H and O–H groups in total. The van der Waals surface area contributed by atoms with Gasteiger partial charge >= 0.3 is 0 Å². The molecular weight excluding hydrogens is 340 g/mol. The van der Waals surface area contributed by atoms with Crippen molar-refractivity contribution < 1.29 is 9.59 Å². The third-order valence-corrected chi connectivity index (χ3v) is 4.55. The molecule has 0 spiro atoms. The number of carbonyl (C=O) groups excluding carboxylic acids is 2. The van der Waals surface area contributed by atoms with Gasteiger partial charge < -0.3 is 16.0 Å². The minimum absolute atomic E-state index is 0.0588. The van der Waals surface area contributed by atoms with Gasteiger partial charge in [0.15, 0.2) is 0 Å². The van der Waals surface area contributed by atoms with E-state index < -0.39 is 0 Å². The number of pyridine rings is 1. The van der Waals surface area contributed by atoms with E-state index in [2.05, 4.69) is 20.9 Å². The van der Waals surface area contributed by atoms with Crippen molar-refractivity contribution in [3.63, 3.8) is 0 Å². The van der Waals surface area contributed by atoms with Gasteiger partial charge in [-0.25, -0.2) is 4.98 Å². The van der Waals surface area contributed by atoms with Crippen LogP contribution >= 0.6 is 11.6 Å². The fraction of sp³-hybridized carbons (Fsp3) is 0.611. The van der Waals surface area contributed by atoms with E-state index in [-0.39, 0.29) is 29.8 Å². The monoisotopic (exact) mass is 366 g/mol. The van der Waals surface area contributed by atoms with Gasteiger partial charge in [0.05, 0.1) is 11.3 Å². The Kier molecular flexibility index (Phi) is 7.05. The van der Waals surface area contributed by atoms with E-state index in [1.54, 1.807) is 6.07 Å². The summed E-state index contributed by atoms with van der Waals surface area (Å²) in [5.74, 6) is 0.0230. The van der Waals surface area contributed by atoms with Crippen LogP contribution in [0.25, 0.3) is 0 Å². The van der Waals surface area contributed by atoms with E-state index in [0.29, 0.717) is 22.9 Å². The highest BCUT2D eigenvalue weighted by molar-refractivity contribution is 6.29. The number of aromatic nitrogens is 1. The molecular formula is C18H27ClN4O2. The molecule has 1 saturated carbocycles. The van der Waals surface area contributed by atoms with Crippen molar-refractivity contribution in [2.24, 2.45) is 5.92 Å². The maximum atomic E-state index is 12.6. The third kappa shape index (κ3) is 5.59. The second kappa shape index (κ2) is 9.04. The molecule has 1 aromatic rings. The lowest BCUT2D eigenvalue weighted by Crippen LogP contribution is -2.41. The lowest BCUT2D eigenvalue weighted by molar-refractivity contribution is -0.125. The number of anilines is 1. The van der Waals surface area contributed by atoms with Gasteiger partial charge in [-0.3, -0.25) is 9.59 Å². The Bertz CT molecular complexity index is 613. The van der Waals surface area contributed by atoms with Crippen LogP contribution in [0.5, 0.6) is 0 Å². The molecule has 0 atom stereocenters. The average Bonchev–Trinajstić information content (AvgIpc) is 2.55. The summed E-state index contributed by atoms with van der Waals surface area (Å²) in [7, 11) is 0. The van der Waals surface area contributed by atoms with Crippen molar-refractivity contribution in [2.45, 2.75) is 58.5 Å².